The number of nitrogens with one attached hydrogen (secondary N) is 1. The fourth-order valence-electron chi connectivity index (χ4n) is 3.65. The molecule has 0 aromatic carbocycles. The lowest BCUT2D eigenvalue weighted by molar-refractivity contribution is 0.181. The molecule has 1 aliphatic heterocycles. The summed E-state index contributed by atoms with van der Waals surface area (Å²) in [5, 5.41) is 3.39. The van der Waals surface area contributed by atoms with Crippen LogP contribution in [0.2, 0.25) is 0 Å². The monoisotopic (exact) mass is 488 g/mol. The van der Waals surface area contributed by atoms with E-state index in [2.05, 4.69) is 35.2 Å². The van der Waals surface area contributed by atoms with Crippen LogP contribution in [0.5, 0.6) is 5.88 Å². The second-order valence-electron chi connectivity index (χ2n) is 7.27. The Kier molecular flexibility index (Phi) is 9.61. The molecule has 0 bridgehead atoms. The molecule has 1 unspecified atom stereocenters. The van der Waals surface area contributed by atoms with Crippen LogP contribution in [0.1, 0.15) is 44.6 Å². The third kappa shape index (κ3) is 6.78. The van der Waals surface area contributed by atoms with Gasteiger partial charge in [-0.3, -0.25) is 0 Å². The van der Waals surface area contributed by atoms with Crippen LogP contribution in [0.25, 0.3) is 0 Å². The van der Waals surface area contributed by atoms with E-state index in [4.69, 9.17) is 14.5 Å². The van der Waals surface area contributed by atoms with E-state index in [1.165, 1.54) is 12.8 Å². The molecule has 3 rings (SSSR count). The number of nitrogens with zero attached hydrogens (tertiary/aromatic N) is 3. The maximum absolute atomic E-state index is 6.14. The van der Waals surface area contributed by atoms with Gasteiger partial charge in [0.1, 0.15) is 6.10 Å². The van der Waals surface area contributed by atoms with Gasteiger partial charge in [-0.25, -0.2) is 9.98 Å². The molecular formula is C20H33IN4O2. The van der Waals surface area contributed by atoms with E-state index in [0.29, 0.717) is 18.6 Å². The van der Waals surface area contributed by atoms with Crippen molar-refractivity contribution in [3.05, 3.63) is 23.9 Å². The average Bonchev–Trinajstić information content (AvgIpc) is 3.34. The van der Waals surface area contributed by atoms with Gasteiger partial charge in [0.2, 0.25) is 5.88 Å². The number of hydrogen-bond donors (Lipinski definition) is 1. The minimum Gasteiger partial charge on any atom is -0.474 e. The lowest BCUT2D eigenvalue weighted by Crippen LogP contribution is -2.41. The van der Waals surface area contributed by atoms with E-state index in [9.17, 15) is 0 Å². The van der Waals surface area contributed by atoms with Crippen LogP contribution < -0.4 is 10.1 Å². The van der Waals surface area contributed by atoms with Crippen molar-refractivity contribution in [2.75, 3.05) is 33.4 Å². The van der Waals surface area contributed by atoms with Gasteiger partial charge in [0, 0.05) is 44.4 Å². The second-order valence-corrected chi connectivity index (χ2v) is 7.27. The quantitative estimate of drug-likeness (QED) is 0.362. The topological polar surface area (TPSA) is 59.0 Å². The van der Waals surface area contributed by atoms with Gasteiger partial charge in [0.25, 0.3) is 0 Å². The molecule has 0 spiro atoms. The summed E-state index contributed by atoms with van der Waals surface area (Å²) in [6.07, 6.45) is 8.02. The van der Waals surface area contributed by atoms with Crippen molar-refractivity contribution >= 4 is 29.9 Å². The standard InChI is InChI=1S/C20H32N4O2.HI/c1-3-21-20(24(2)14-16-10-12-25-15-16)23-13-17-7-6-11-22-19(17)26-18-8-4-5-9-18;/h6-7,11,16,18H,3-5,8-10,12-15H2,1-2H3,(H,21,23);1H. The van der Waals surface area contributed by atoms with Crippen LogP contribution in [0.15, 0.2) is 23.3 Å². The van der Waals surface area contributed by atoms with Gasteiger partial charge in [0.15, 0.2) is 5.96 Å². The predicted octanol–water partition coefficient (Wildman–Crippen LogP) is 3.45. The summed E-state index contributed by atoms with van der Waals surface area (Å²) < 4.78 is 11.6. The van der Waals surface area contributed by atoms with E-state index in [-0.39, 0.29) is 24.0 Å². The van der Waals surface area contributed by atoms with Gasteiger partial charge in [-0.15, -0.1) is 24.0 Å². The van der Waals surface area contributed by atoms with Crippen molar-refractivity contribution in [3.8, 4) is 5.88 Å². The lowest BCUT2D eigenvalue weighted by atomic mass is 10.1. The number of guanidine groups is 1. The molecule has 6 nitrogen and oxygen atoms in total. The first-order valence-electron chi connectivity index (χ1n) is 9.94. The first-order chi connectivity index (χ1) is 12.8. The van der Waals surface area contributed by atoms with Crippen molar-refractivity contribution < 1.29 is 9.47 Å². The Hall–Kier alpha value is -1.09. The third-order valence-corrected chi connectivity index (χ3v) is 5.08. The molecule has 152 valence electrons. The van der Waals surface area contributed by atoms with Crippen LogP contribution in [0.4, 0.5) is 0 Å². The van der Waals surface area contributed by atoms with Crippen molar-refractivity contribution in [2.45, 2.75) is 51.7 Å². The molecule has 7 heteroatoms. The Bertz CT molecular complexity index is 587. The van der Waals surface area contributed by atoms with E-state index in [1.54, 1.807) is 6.20 Å². The smallest absolute Gasteiger partial charge is 0.218 e. The highest BCUT2D eigenvalue weighted by Crippen LogP contribution is 2.25. The molecule has 0 amide bonds. The van der Waals surface area contributed by atoms with Crippen molar-refractivity contribution in [3.63, 3.8) is 0 Å². The summed E-state index contributed by atoms with van der Waals surface area (Å²) in [6, 6.07) is 4.02. The van der Waals surface area contributed by atoms with Gasteiger partial charge in [-0.1, -0.05) is 6.07 Å². The Morgan fingerprint density at radius 1 is 1.37 bits per heavy atom. The average molecular weight is 488 g/mol. The Morgan fingerprint density at radius 2 is 2.19 bits per heavy atom. The highest BCUT2D eigenvalue weighted by Gasteiger charge is 2.20. The van der Waals surface area contributed by atoms with Crippen LogP contribution in [-0.4, -0.2) is 55.3 Å². The minimum atomic E-state index is 0. The first kappa shape index (κ1) is 22.2. The summed E-state index contributed by atoms with van der Waals surface area (Å²) in [4.78, 5) is 11.5. The number of aromatic nitrogens is 1. The number of pyridine rings is 1. The van der Waals surface area contributed by atoms with Crippen molar-refractivity contribution in [1.29, 1.82) is 0 Å². The SMILES string of the molecule is CCNC(=NCc1cccnc1OC1CCCC1)N(C)CC1CCOC1.I. The number of hydrogen-bond acceptors (Lipinski definition) is 4. The normalized spacial score (nSPS) is 20.4. The maximum Gasteiger partial charge on any atom is 0.218 e. The zero-order valence-electron chi connectivity index (χ0n) is 16.5. The molecule has 1 aromatic rings. The Balaban J connectivity index is 0.00000261. The summed E-state index contributed by atoms with van der Waals surface area (Å²) in [5.41, 5.74) is 1.05. The van der Waals surface area contributed by atoms with Crippen molar-refractivity contribution in [1.82, 2.24) is 15.2 Å². The van der Waals surface area contributed by atoms with Crippen molar-refractivity contribution in [2.24, 2.45) is 10.9 Å². The summed E-state index contributed by atoms with van der Waals surface area (Å²) in [5.74, 6) is 2.25. The fraction of sp³-hybridized carbons (Fsp3) is 0.700. The summed E-state index contributed by atoms with van der Waals surface area (Å²) in [6.45, 7) is 6.22. The van der Waals surface area contributed by atoms with Gasteiger partial charge >= 0.3 is 0 Å². The van der Waals surface area contributed by atoms with E-state index < -0.39 is 0 Å². The van der Waals surface area contributed by atoms with Crippen LogP contribution in [0, 0.1) is 5.92 Å². The molecule has 2 fully saturated rings. The third-order valence-electron chi connectivity index (χ3n) is 5.08. The molecule has 1 aromatic heterocycles. The fourth-order valence-corrected chi connectivity index (χ4v) is 3.65. The van der Waals surface area contributed by atoms with Crippen LogP contribution in [-0.2, 0) is 11.3 Å². The molecule has 1 aliphatic carbocycles. The number of halogens is 1. The Morgan fingerprint density at radius 3 is 2.89 bits per heavy atom. The molecule has 2 aliphatic rings. The van der Waals surface area contributed by atoms with E-state index in [1.807, 2.05) is 6.07 Å². The Labute approximate surface area is 180 Å². The molecule has 0 radical (unpaired) electrons. The van der Waals surface area contributed by atoms with E-state index >= 15 is 0 Å². The molecule has 1 saturated carbocycles. The van der Waals surface area contributed by atoms with Crippen LogP contribution >= 0.6 is 24.0 Å². The lowest BCUT2D eigenvalue weighted by Gasteiger charge is -2.24. The maximum atomic E-state index is 6.14. The number of aliphatic imine (C=N–C) groups is 1. The molecular weight excluding hydrogens is 455 g/mol. The van der Waals surface area contributed by atoms with Gasteiger partial charge in [-0.2, -0.15) is 0 Å². The molecule has 27 heavy (non-hydrogen) atoms. The van der Waals surface area contributed by atoms with Crippen LogP contribution in [0.3, 0.4) is 0 Å². The highest BCUT2D eigenvalue weighted by atomic mass is 127. The zero-order valence-corrected chi connectivity index (χ0v) is 18.9. The number of ether oxygens (including phenoxy) is 2. The minimum absolute atomic E-state index is 0. The summed E-state index contributed by atoms with van der Waals surface area (Å²) in [7, 11) is 2.10. The highest BCUT2D eigenvalue weighted by molar-refractivity contribution is 14.0. The summed E-state index contributed by atoms with van der Waals surface area (Å²) >= 11 is 0. The largest absolute Gasteiger partial charge is 0.474 e. The van der Waals surface area contributed by atoms with Gasteiger partial charge in [-0.05, 0) is 45.1 Å². The van der Waals surface area contributed by atoms with E-state index in [0.717, 1.165) is 63.0 Å². The molecule has 1 N–H and O–H groups in total. The van der Waals surface area contributed by atoms with Gasteiger partial charge in [0.05, 0.1) is 13.2 Å². The molecule has 1 atom stereocenters. The first-order valence-corrected chi connectivity index (χ1v) is 9.94. The molecule has 1 saturated heterocycles. The molecule has 2 heterocycles. The predicted molar refractivity (Wildman–Crippen MR) is 119 cm³/mol. The second kappa shape index (κ2) is 11.7. The number of rotatable bonds is 7. The van der Waals surface area contributed by atoms with Gasteiger partial charge < -0.3 is 19.7 Å². The zero-order chi connectivity index (χ0) is 18.2.